The van der Waals surface area contributed by atoms with Gasteiger partial charge in [-0.3, -0.25) is 0 Å². The van der Waals surface area contributed by atoms with Crippen molar-refractivity contribution in [1.82, 2.24) is 9.71 Å². The lowest BCUT2D eigenvalue weighted by molar-refractivity contribution is 0.552. The summed E-state index contributed by atoms with van der Waals surface area (Å²) >= 11 is 11.8. The van der Waals surface area contributed by atoms with Crippen molar-refractivity contribution in [1.29, 1.82) is 0 Å². The van der Waals surface area contributed by atoms with Gasteiger partial charge in [0.2, 0.25) is 0 Å². The second kappa shape index (κ2) is 5.56. The smallest absolute Gasteiger partial charge is 0.244 e. The zero-order valence-electron chi connectivity index (χ0n) is 12.3. The minimum absolute atomic E-state index is 0.333. The summed E-state index contributed by atoms with van der Waals surface area (Å²) in [5, 5.41) is 0.912. The van der Waals surface area contributed by atoms with Gasteiger partial charge in [-0.1, -0.05) is 35.3 Å². The van der Waals surface area contributed by atoms with E-state index in [1.807, 2.05) is 6.92 Å². The number of nitrogens with one attached hydrogen (secondary N) is 1. The maximum atomic E-state index is 12.1. The zero-order valence-corrected chi connectivity index (χ0v) is 14.7. The molecule has 2 heterocycles. The van der Waals surface area contributed by atoms with Crippen molar-refractivity contribution >= 4 is 39.1 Å². The van der Waals surface area contributed by atoms with Crippen molar-refractivity contribution in [3.8, 4) is 0 Å². The molecule has 0 saturated carbocycles. The molecule has 0 spiro atoms. The quantitative estimate of drug-likeness (QED) is 0.825. The van der Waals surface area contributed by atoms with Crippen molar-refractivity contribution in [2.75, 3.05) is 0 Å². The van der Waals surface area contributed by atoms with E-state index in [1.54, 1.807) is 37.3 Å². The molecule has 3 rings (SSSR count). The van der Waals surface area contributed by atoms with Gasteiger partial charge in [0.25, 0.3) is 0 Å². The number of halogens is 2. The van der Waals surface area contributed by atoms with Crippen LogP contribution in [0.5, 0.6) is 0 Å². The topological polar surface area (TPSA) is 71.4 Å². The highest BCUT2D eigenvalue weighted by atomic mass is 35.5. The van der Waals surface area contributed by atoms with Gasteiger partial charge in [0.1, 0.15) is 10.7 Å². The lowest BCUT2D eigenvalue weighted by atomic mass is 9.84. The fourth-order valence-corrected chi connectivity index (χ4v) is 4.25. The molecule has 1 atom stereocenters. The summed E-state index contributed by atoms with van der Waals surface area (Å²) < 4.78 is 30.6. The molecule has 0 saturated heterocycles. The average molecular weight is 370 g/mol. The van der Waals surface area contributed by atoms with Crippen LogP contribution in [0.15, 0.2) is 40.9 Å². The molecule has 1 aromatic carbocycles. The first-order valence-electron chi connectivity index (χ1n) is 6.74. The van der Waals surface area contributed by atoms with E-state index in [0.717, 1.165) is 5.56 Å². The van der Waals surface area contributed by atoms with E-state index < -0.39 is 15.7 Å². The van der Waals surface area contributed by atoms with Gasteiger partial charge in [-0.15, -0.1) is 0 Å². The number of aryl methyl sites for hydroxylation is 1. The Morgan fingerprint density at radius 2 is 1.91 bits per heavy atom. The van der Waals surface area contributed by atoms with E-state index in [-0.39, 0.29) is 0 Å². The summed E-state index contributed by atoms with van der Waals surface area (Å²) in [6.45, 7) is 3.60. The first kappa shape index (κ1) is 16.4. The highest BCUT2D eigenvalue weighted by Gasteiger charge is 2.44. The molecule has 23 heavy (non-hydrogen) atoms. The van der Waals surface area contributed by atoms with Crippen LogP contribution in [0.2, 0.25) is 10.2 Å². The maximum Gasteiger partial charge on any atom is 0.321 e. The summed E-state index contributed by atoms with van der Waals surface area (Å²) in [5.74, 6) is 0. The lowest BCUT2D eigenvalue weighted by Gasteiger charge is -2.26. The van der Waals surface area contributed by atoms with Gasteiger partial charge in [-0.25, -0.2) is 4.98 Å². The number of benzene rings is 1. The predicted octanol–water partition coefficient (Wildman–Crippen LogP) is 3.25. The van der Waals surface area contributed by atoms with Crippen LogP contribution in [0, 0.1) is 6.92 Å². The van der Waals surface area contributed by atoms with Crippen molar-refractivity contribution in [3.63, 3.8) is 0 Å². The first-order valence-corrected chi connectivity index (χ1v) is 8.94. The zero-order chi connectivity index (χ0) is 16.8. The van der Waals surface area contributed by atoms with E-state index in [2.05, 4.69) is 14.1 Å². The maximum absolute atomic E-state index is 12.1. The summed E-state index contributed by atoms with van der Waals surface area (Å²) in [7, 11) is -3.79. The van der Waals surface area contributed by atoms with Crippen molar-refractivity contribution in [2.45, 2.75) is 19.4 Å². The largest absolute Gasteiger partial charge is 0.321 e. The van der Waals surface area contributed by atoms with E-state index in [9.17, 15) is 8.42 Å². The fourth-order valence-electron chi connectivity index (χ4n) is 2.62. The second-order valence-electron chi connectivity index (χ2n) is 5.47. The van der Waals surface area contributed by atoms with E-state index in [4.69, 9.17) is 23.2 Å². The van der Waals surface area contributed by atoms with Gasteiger partial charge < -0.3 is 0 Å². The second-order valence-corrected chi connectivity index (χ2v) is 7.63. The standard InChI is InChI=1S/C15H13Cl2N3O2S/c1-9-7-11(16)4-5-12(9)14-15(2,20-23(21,22)19-14)10-3-6-13(17)18-8-10/h3-8,20H,1-2H3. The Kier molecular flexibility index (Phi) is 3.96. The van der Waals surface area contributed by atoms with E-state index in [0.29, 0.717) is 27.0 Å². The monoisotopic (exact) mass is 369 g/mol. The normalized spacial score (nSPS) is 22.9. The molecular weight excluding hydrogens is 357 g/mol. The molecule has 0 amide bonds. The van der Waals surface area contributed by atoms with Crippen LogP contribution in [-0.2, 0) is 15.7 Å². The number of nitrogens with zero attached hydrogens (tertiary/aromatic N) is 2. The van der Waals surface area contributed by atoms with Crippen molar-refractivity contribution in [2.24, 2.45) is 4.40 Å². The highest BCUT2D eigenvalue weighted by Crippen LogP contribution is 2.34. The van der Waals surface area contributed by atoms with Crippen LogP contribution >= 0.6 is 23.2 Å². The number of hydrogen-bond donors (Lipinski definition) is 1. The Labute approximate surface area is 144 Å². The molecule has 1 unspecified atom stereocenters. The number of aromatic nitrogens is 1. The molecule has 2 aromatic rings. The third-order valence-corrected chi connectivity index (χ3v) is 5.31. The fraction of sp³-hybridized carbons (Fsp3) is 0.200. The highest BCUT2D eigenvalue weighted by molar-refractivity contribution is 7.88. The van der Waals surface area contributed by atoms with Crippen LogP contribution in [0.4, 0.5) is 0 Å². The molecule has 1 N–H and O–H groups in total. The Morgan fingerprint density at radius 3 is 2.52 bits per heavy atom. The lowest BCUT2D eigenvalue weighted by Crippen LogP contribution is -2.43. The Hall–Kier alpha value is -1.47. The molecule has 1 aliphatic heterocycles. The molecule has 0 bridgehead atoms. The van der Waals surface area contributed by atoms with Crippen LogP contribution in [0.1, 0.15) is 23.6 Å². The SMILES string of the molecule is Cc1cc(Cl)ccc1C1=NS(=O)(=O)NC1(C)c1ccc(Cl)nc1. The Bertz CT molecular complexity index is 911. The van der Waals surface area contributed by atoms with E-state index >= 15 is 0 Å². The molecule has 5 nitrogen and oxygen atoms in total. The molecule has 1 aliphatic rings. The van der Waals surface area contributed by atoms with Gasteiger partial charge in [0, 0.05) is 16.8 Å². The average Bonchev–Trinajstić information content (AvgIpc) is 2.70. The van der Waals surface area contributed by atoms with Crippen LogP contribution in [-0.4, -0.2) is 19.1 Å². The van der Waals surface area contributed by atoms with Gasteiger partial charge in [0.05, 0.1) is 5.71 Å². The summed E-state index contributed by atoms with van der Waals surface area (Å²) in [5.41, 5.74) is 1.56. The number of pyridine rings is 1. The third-order valence-electron chi connectivity index (χ3n) is 3.77. The Morgan fingerprint density at radius 1 is 1.17 bits per heavy atom. The summed E-state index contributed by atoms with van der Waals surface area (Å²) in [6.07, 6.45) is 1.54. The molecule has 0 aliphatic carbocycles. The van der Waals surface area contributed by atoms with Gasteiger partial charge in [0.15, 0.2) is 0 Å². The van der Waals surface area contributed by atoms with Gasteiger partial charge >= 0.3 is 10.2 Å². The molecule has 0 radical (unpaired) electrons. The molecular formula is C15H13Cl2N3O2S. The van der Waals surface area contributed by atoms with Crippen LogP contribution < -0.4 is 4.72 Å². The summed E-state index contributed by atoms with van der Waals surface area (Å²) in [4.78, 5) is 4.04. The molecule has 1 aromatic heterocycles. The van der Waals surface area contributed by atoms with Crippen molar-refractivity contribution in [3.05, 3.63) is 63.4 Å². The number of rotatable bonds is 2. The Balaban J connectivity index is 2.20. The van der Waals surface area contributed by atoms with Crippen LogP contribution in [0.25, 0.3) is 0 Å². The van der Waals surface area contributed by atoms with E-state index in [1.165, 1.54) is 6.20 Å². The third kappa shape index (κ3) is 2.99. The van der Waals surface area contributed by atoms with Crippen molar-refractivity contribution < 1.29 is 8.42 Å². The predicted molar refractivity (Wildman–Crippen MR) is 91.4 cm³/mol. The minimum Gasteiger partial charge on any atom is -0.244 e. The molecule has 120 valence electrons. The van der Waals surface area contributed by atoms with Gasteiger partial charge in [-0.2, -0.15) is 17.5 Å². The summed E-state index contributed by atoms with van der Waals surface area (Å²) in [6, 6.07) is 8.58. The molecule has 0 fully saturated rings. The number of hydrogen-bond acceptors (Lipinski definition) is 3. The van der Waals surface area contributed by atoms with Gasteiger partial charge in [-0.05, 0) is 43.2 Å². The van der Waals surface area contributed by atoms with Crippen LogP contribution in [0.3, 0.4) is 0 Å². The minimum atomic E-state index is -3.79. The molecule has 8 heteroatoms. The first-order chi connectivity index (χ1) is 10.7.